The molecule has 1 aliphatic heterocycles. The van der Waals surface area contributed by atoms with Crippen molar-refractivity contribution in [1.29, 1.82) is 0 Å². The average Bonchev–Trinajstić information content (AvgIpc) is 2.83. The van der Waals surface area contributed by atoms with Crippen molar-refractivity contribution in [2.45, 2.75) is 24.7 Å². The summed E-state index contributed by atoms with van der Waals surface area (Å²) < 4.78 is 42.8. The molecule has 8 nitrogen and oxygen atoms in total. The minimum Gasteiger partial charge on any atom is -0.497 e. The molecule has 1 unspecified atom stereocenters. The van der Waals surface area contributed by atoms with Crippen molar-refractivity contribution in [3.05, 3.63) is 54.1 Å². The van der Waals surface area contributed by atoms with E-state index in [0.717, 1.165) is 0 Å². The standard InChI is InChI=1S/C23H27NO7S/c1-3-30-20-8-6-17(7-9-20)22(25)16-31-23(26)18-5-4-14-24(15-18)32(27,28)21-12-10-19(29-2)11-13-21/h6-13,18H,3-5,14-16H2,1-2H3. The SMILES string of the molecule is CCOc1ccc(C(=O)COC(=O)C2CCCN(S(=O)(=O)c3ccc(OC)cc3)C2)cc1. The fourth-order valence-corrected chi connectivity index (χ4v) is 5.02. The van der Waals surface area contributed by atoms with Crippen molar-refractivity contribution in [3.8, 4) is 11.5 Å². The van der Waals surface area contributed by atoms with Crippen LogP contribution in [0.3, 0.4) is 0 Å². The van der Waals surface area contributed by atoms with E-state index in [1.807, 2.05) is 6.92 Å². The van der Waals surface area contributed by atoms with E-state index in [0.29, 0.717) is 43.1 Å². The van der Waals surface area contributed by atoms with Gasteiger partial charge in [-0.2, -0.15) is 4.31 Å². The highest BCUT2D eigenvalue weighted by molar-refractivity contribution is 7.89. The maximum Gasteiger partial charge on any atom is 0.310 e. The first-order valence-electron chi connectivity index (χ1n) is 10.4. The number of methoxy groups -OCH3 is 1. The van der Waals surface area contributed by atoms with Crippen LogP contribution in [0.5, 0.6) is 11.5 Å². The van der Waals surface area contributed by atoms with Crippen LogP contribution in [0.1, 0.15) is 30.1 Å². The Morgan fingerprint density at radius 2 is 1.69 bits per heavy atom. The van der Waals surface area contributed by atoms with Gasteiger partial charge < -0.3 is 14.2 Å². The summed E-state index contributed by atoms with van der Waals surface area (Å²) in [5, 5.41) is 0. The van der Waals surface area contributed by atoms with Crippen molar-refractivity contribution < 1.29 is 32.2 Å². The minimum absolute atomic E-state index is 0.0183. The first kappa shape index (κ1) is 23.7. The molecule has 0 bridgehead atoms. The molecule has 3 rings (SSSR count). The molecule has 1 atom stereocenters. The van der Waals surface area contributed by atoms with Crippen molar-refractivity contribution >= 4 is 21.8 Å². The highest BCUT2D eigenvalue weighted by Crippen LogP contribution is 2.26. The van der Waals surface area contributed by atoms with Gasteiger partial charge in [0.1, 0.15) is 11.5 Å². The molecule has 2 aromatic rings. The lowest BCUT2D eigenvalue weighted by Crippen LogP contribution is -2.42. The van der Waals surface area contributed by atoms with Crippen LogP contribution in [0.25, 0.3) is 0 Å². The molecule has 1 aliphatic rings. The Balaban J connectivity index is 1.58. The van der Waals surface area contributed by atoms with Crippen molar-refractivity contribution in [2.24, 2.45) is 5.92 Å². The monoisotopic (exact) mass is 461 g/mol. The lowest BCUT2D eigenvalue weighted by molar-refractivity contribution is -0.148. The number of sulfonamides is 1. The lowest BCUT2D eigenvalue weighted by atomic mass is 10.00. The summed E-state index contributed by atoms with van der Waals surface area (Å²) in [5.74, 6) is -0.314. The molecular formula is C23H27NO7S. The van der Waals surface area contributed by atoms with Gasteiger partial charge in [-0.3, -0.25) is 9.59 Å². The molecule has 0 aromatic heterocycles. The summed E-state index contributed by atoms with van der Waals surface area (Å²) >= 11 is 0. The maximum atomic E-state index is 12.9. The largest absolute Gasteiger partial charge is 0.497 e. The summed E-state index contributed by atoms with van der Waals surface area (Å²) in [7, 11) is -2.24. The second-order valence-corrected chi connectivity index (χ2v) is 9.30. The average molecular weight is 462 g/mol. The number of rotatable bonds is 9. The van der Waals surface area contributed by atoms with Gasteiger partial charge in [-0.25, -0.2) is 8.42 Å². The Hall–Kier alpha value is -2.91. The summed E-state index contributed by atoms with van der Waals surface area (Å²) in [6, 6.07) is 12.7. The van der Waals surface area contributed by atoms with Gasteiger partial charge in [-0.1, -0.05) is 0 Å². The number of ether oxygens (including phenoxy) is 3. The molecule has 172 valence electrons. The van der Waals surface area contributed by atoms with E-state index in [4.69, 9.17) is 14.2 Å². The molecule has 1 saturated heterocycles. The van der Waals surface area contributed by atoms with Crippen LogP contribution in [0, 0.1) is 5.92 Å². The van der Waals surface area contributed by atoms with E-state index < -0.39 is 28.5 Å². The van der Waals surface area contributed by atoms with Crippen molar-refractivity contribution in [2.75, 3.05) is 33.4 Å². The molecule has 0 N–H and O–H groups in total. The van der Waals surface area contributed by atoms with Gasteiger partial charge in [0.05, 0.1) is 24.5 Å². The second-order valence-electron chi connectivity index (χ2n) is 7.37. The van der Waals surface area contributed by atoms with E-state index in [2.05, 4.69) is 0 Å². The minimum atomic E-state index is -3.75. The Morgan fingerprint density at radius 3 is 2.31 bits per heavy atom. The fourth-order valence-electron chi connectivity index (χ4n) is 3.49. The molecule has 1 fully saturated rings. The van der Waals surface area contributed by atoms with Crippen LogP contribution in [0.15, 0.2) is 53.4 Å². The second kappa shape index (κ2) is 10.6. The molecule has 2 aromatic carbocycles. The molecule has 0 aliphatic carbocycles. The molecule has 0 saturated carbocycles. The zero-order valence-corrected chi connectivity index (χ0v) is 19.0. The normalized spacial score (nSPS) is 16.9. The van der Waals surface area contributed by atoms with Gasteiger partial charge in [0.25, 0.3) is 0 Å². The van der Waals surface area contributed by atoms with Gasteiger partial charge >= 0.3 is 5.97 Å². The third-order valence-corrected chi connectivity index (χ3v) is 7.13. The van der Waals surface area contributed by atoms with E-state index in [-0.39, 0.29) is 17.2 Å². The zero-order chi connectivity index (χ0) is 23.1. The molecule has 9 heteroatoms. The number of ketones is 1. The summed E-state index contributed by atoms with van der Waals surface area (Å²) in [5.41, 5.74) is 0.411. The van der Waals surface area contributed by atoms with E-state index in [1.165, 1.54) is 23.5 Å². The topological polar surface area (TPSA) is 99.2 Å². The number of esters is 1. The first-order chi connectivity index (χ1) is 15.3. The number of Topliss-reactive ketones (excluding diaryl/α,β-unsaturated/α-hetero) is 1. The maximum absolute atomic E-state index is 12.9. The van der Waals surface area contributed by atoms with Crippen LogP contribution in [0.2, 0.25) is 0 Å². The highest BCUT2D eigenvalue weighted by Gasteiger charge is 2.34. The predicted molar refractivity (Wildman–Crippen MR) is 117 cm³/mol. The highest BCUT2D eigenvalue weighted by atomic mass is 32.2. The van der Waals surface area contributed by atoms with Crippen LogP contribution in [0.4, 0.5) is 0 Å². The zero-order valence-electron chi connectivity index (χ0n) is 18.2. The predicted octanol–water partition coefficient (Wildman–Crippen LogP) is 2.92. The van der Waals surface area contributed by atoms with E-state index >= 15 is 0 Å². The molecular weight excluding hydrogens is 434 g/mol. The first-order valence-corrected chi connectivity index (χ1v) is 11.9. The molecule has 0 amide bonds. The molecule has 0 radical (unpaired) electrons. The number of hydrogen-bond donors (Lipinski definition) is 0. The van der Waals surface area contributed by atoms with Crippen LogP contribution >= 0.6 is 0 Å². The van der Waals surface area contributed by atoms with Crippen molar-refractivity contribution in [1.82, 2.24) is 4.31 Å². The van der Waals surface area contributed by atoms with Crippen LogP contribution in [-0.4, -0.2) is 57.9 Å². The van der Waals surface area contributed by atoms with Gasteiger partial charge in [0.15, 0.2) is 12.4 Å². The summed E-state index contributed by atoms with van der Waals surface area (Å²) in [4.78, 5) is 25.0. The Bertz CT molecular complexity index is 1030. The number of carbonyl (C=O) groups excluding carboxylic acids is 2. The Labute approximate surface area is 188 Å². The smallest absolute Gasteiger partial charge is 0.310 e. The third-order valence-electron chi connectivity index (χ3n) is 5.25. The number of piperidine rings is 1. The van der Waals surface area contributed by atoms with Crippen LogP contribution in [-0.2, 0) is 19.6 Å². The number of hydrogen-bond acceptors (Lipinski definition) is 7. The molecule has 0 spiro atoms. The van der Waals surface area contributed by atoms with Crippen molar-refractivity contribution in [3.63, 3.8) is 0 Å². The Morgan fingerprint density at radius 1 is 1.03 bits per heavy atom. The molecule has 1 heterocycles. The quantitative estimate of drug-likeness (QED) is 0.418. The third kappa shape index (κ3) is 5.66. The number of carbonyl (C=O) groups is 2. The fraction of sp³-hybridized carbons (Fsp3) is 0.391. The molecule has 32 heavy (non-hydrogen) atoms. The van der Waals surface area contributed by atoms with E-state index in [9.17, 15) is 18.0 Å². The number of nitrogens with zero attached hydrogens (tertiary/aromatic N) is 1. The number of benzene rings is 2. The van der Waals surface area contributed by atoms with Gasteiger partial charge in [0.2, 0.25) is 10.0 Å². The van der Waals surface area contributed by atoms with E-state index in [1.54, 1.807) is 36.4 Å². The van der Waals surface area contributed by atoms with Gasteiger partial charge in [-0.15, -0.1) is 0 Å². The van der Waals surface area contributed by atoms with Gasteiger partial charge in [-0.05, 0) is 68.3 Å². The van der Waals surface area contributed by atoms with Gasteiger partial charge in [0, 0.05) is 18.7 Å². The lowest BCUT2D eigenvalue weighted by Gasteiger charge is -2.30. The summed E-state index contributed by atoms with van der Waals surface area (Å²) in [6.07, 6.45) is 1.03. The summed E-state index contributed by atoms with van der Waals surface area (Å²) in [6.45, 7) is 2.34. The van der Waals surface area contributed by atoms with Crippen LogP contribution < -0.4 is 9.47 Å². The Kier molecular flexibility index (Phi) is 7.87.